The number of hydrogen-bond acceptors (Lipinski definition) is 6. The smallest absolute Gasteiger partial charge is 0.338 e. The van der Waals surface area contributed by atoms with E-state index in [1.54, 1.807) is 38.3 Å². The number of nitrogens with zero attached hydrogens (tertiary/aromatic N) is 1. The zero-order valence-electron chi connectivity index (χ0n) is 15.8. The maximum atomic E-state index is 12.8. The van der Waals surface area contributed by atoms with Crippen molar-refractivity contribution in [1.82, 2.24) is 10.6 Å². The Balaban J connectivity index is 1.80. The van der Waals surface area contributed by atoms with Gasteiger partial charge in [-0.3, -0.25) is 10.1 Å². The Morgan fingerprint density at radius 1 is 1.14 bits per heavy atom. The van der Waals surface area contributed by atoms with Crippen molar-refractivity contribution in [3.8, 4) is 5.75 Å². The van der Waals surface area contributed by atoms with Crippen LogP contribution in [0.4, 0.5) is 10.5 Å². The SMILES string of the molecule is COc1ccc(COC(=O)C2=C(C)NC(=O)N[C@H]2c2ccc([N+](=O)[O-])cc2)cc1. The molecule has 2 N–H and O–H groups in total. The molecule has 150 valence electrons. The molecule has 0 saturated heterocycles. The van der Waals surface area contributed by atoms with E-state index < -0.39 is 23.0 Å². The maximum Gasteiger partial charge on any atom is 0.338 e. The van der Waals surface area contributed by atoms with E-state index in [9.17, 15) is 19.7 Å². The molecule has 0 aliphatic carbocycles. The molecule has 9 heteroatoms. The van der Waals surface area contributed by atoms with Crippen LogP contribution in [0.3, 0.4) is 0 Å². The van der Waals surface area contributed by atoms with Gasteiger partial charge in [0.25, 0.3) is 5.69 Å². The van der Waals surface area contributed by atoms with Gasteiger partial charge in [-0.2, -0.15) is 0 Å². The fraction of sp³-hybridized carbons (Fsp3) is 0.200. The summed E-state index contributed by atoms with van der Waals surface area (Å²) in [6.45, 7) is 1.64. The maximum absolute atomic E-state index is 12.8. The molecule has 29 heavy (non-hydrogen) atoms. The van der Waals surface area contributed by atoms with Gasteiger partial charge in [0.1, 0.15) is 12.4 Å². The summed E-state index contributed by atoms with van der Waals surface area (Å²) in [5.41, 5.74) is 1.81. The topological polar surface area (TPSA) is 120 Å². The van der Waals surface area contributed by atoms with Crippen molar-refractivity contribution in [2.45, 2.75) is 19.6 Å². The second-order valence-corrected chi connectivity index (χ2v) is 6.34. The molecule has 1 atom stereocenters. The minimum absolute atomic E-state index is 0.0422. The number of methoxy groups -OCH3 is 1. The largest absolute Gasteiger partial charge is 0.497 e. The molecule has 0 unspecified atom stereocenters. The fourth-order valence-corrected chi connectivity index (χ4v) is 2.95. The van der Waals surface area contributed by atoms with Gasteiger partial charge >= 0.3 is 12.0 Å². The van der Waals surface area contributed by atoms with Gasteiger partial charge in [-0.15, -0.1) is 0 Å². The van der Waals surface area contributed by atoms with Crippen molar-refractivity contribution < 1.29 is 24.0 Å². The highest BCUT2D eigenvalue weighted by atomic mass is 16.6. The van der Waals surface area contributed by atoms with Crippen LogP contribution < -0.4 is 15.4 Å². The average molecular weight is 397 g/mol. The van der Waals surface area contributed by atoms with Crippen LogP contribution in [0.1, 0.15) is 24.1 Å². The lowest BCUT2D eigenvalue weighted by Crippen LogP contribution is -2.45. The Morgan fingerprint density at radius 3 is 2.38 bits per heavy atom. The Bertz CT molecular complexity index is 967. The summed E-state index contributed by atoms with van der Waals surface area (Å²) in [4.78, 5) is 35.0. The molecule has 3 rings (SSSR count). The van der Waals surface area contributed by atoms with Gasteiger partial charge in [0.2, 0.25) is 0 Å². The second kappa shape index (κ2) is 8.42. The number of nitrogens with one attached hydrogen (secondary N) is 2. The quantitative estimate of drug-likeness (QED) is 0.439. The van der Waals surface area contributed by atoms with Crippen LogP contribution in [-0.2, 0) is 16.1 Å². The highest BCUT2D eigenvalue weighted by molar-refractivity contribution is 5.95. The summed E-state index contributed by atoms with van der Waals surface area (Å²) in [5, 5.41) is 16.1. The Hall–Kier alpha value is -3.88. The first-order valence-corrected chi connectivity index (χ1v) is 8.71. The molecule has 1 aliphatic heterocycles. The zero-order valence-corrected chi connectivity index (χ0v) is 15.8. The summed E-state index contributed by atoms with van der Waals surface area (Å²) >= 11 is 0. The van der Waals surface area contributed by atoms with Gasteiger partial charge in [-0.1, -0.05) is 12.1 Å². The van der Waals surface area contributed by atoms with E-state index in [2.05, 4.69) is 10.6 Å². The van der Waals surface area contributed by atoms with Crippen LogP contribution >= 0.6 is 0 Å². The molecule has 0 radical (unpaired) electrons. The first-order valence-electron chi connectivity index (χ1n) is 8.71. The standard InChI is InChI=1S/C20H19N3O6/c1-12-17(19(24)29-11-13-3-9-16(28-2)10-4-13)18(22-20(25)21-12)14-5-7-15(8-6-14)23(26)27/h3-10,18H,11H2,1-2H3,(H2,21,22,25)/t18-/m0/s1. The predicted molar refractivity (Wildman–Crippen MR) is 103 cm³/mol. The predicted octanol–water partition coefficient (Wildman–Crippen LogP) is 2.97. The monoisotopic (exact) mass is 397 g/mol. The number of nitro groups is 1. The van der Waals surface area contributed by atoms with Crippen molar-refractivity contribution in [2.75, 3.05) is 7.11 Å². The third kappa shape index (κ3) is 4.52. The molecule has 0 bridgehead atoms. The Labute approximate surface area is 166 Å². The molecular formula is C20H19N3O6. The van der Waals surface area contributed by atoms with E-state index in [1.165, 1.54) is 24.3 Å². The molecule has 0 saturated carbocycles. The van der Waals surface area contributed by atoms with E-state index in [0.717, 1.165) is 5.56 Å². The number of nitro benzene ring substituents is 1. The van der Waals surface area contributed by atoms with Gasteiger partial charge in [-0.25, -0.2) is 9.59 Å². The van der Waals surface area contributed by atoms with E-state index in [4.69, 9.17) is 9.47 Å². The molecule has 0 spiro atoms. The van der Waals surface area contributed by atoms with Gasteiger partial charge < -0.3 is 20.1 Å². The van der Waals surface area contributed by atoms with Crippen LogP contribution in [0.5, 0.6) is 5.75 Å². The molecule has 9 nitrogen and oxygen atoms in total. The third-order valence-corrected chi connectivity index (χ3v) is 4.46. The number of allylic oxidation sites excluding steroid dienone is 1. The normalized spacial score (nSPS) is 15.9. The van der Waals surface area contributed by atoms with Gasteiger partial charge in [0.05, 0.1) is 23.6 Å². The van der Waals surface area contributed by atoms with Crippen molar-refractivity contribution in [3.63, 3.8) is 0 Å². The Morgan fingerprint density at radius 2 is 1.79 bits per heavy atom. The van der Waals surface area contributed by atoms with E-state index in [1.807, 2.05) is 0 Å². The first-order chi connectivity index (χ1) is 13.9. The average Bonchev–Trinajstić information content (AvgIpc) is 2.72. The lowest BCUT2D eigenvalue weighted by Gasteiger charge is -2.28. The van der Waals surface area contributed by atoms with Gasteiger partial charge in [-0.05, 0) is 42.3 Å². The van der Waals surface area contributed by atoms with E-state index in [-0.39, 0.29) is 17.9 Å². The fourth-order valence-electron chi connectivity index (χ4n) is 2.95. The van der Waals surface area contributed by atoms with Gasteiger partial charge in [0, 0.05) is 17.8 Å². The number of hydrogen-bond donors (Lipinski definition) is 2. The van der Waals surface area contributed by atoms with Crippen molar-refractivity contribution in [3.05, 3.63) is 81.0 Å². The van der Waals surface area contributed by atoms with E-state index >= 15 is 0 Å². The summed E-state index contributed by atoms with van der Waals surface area (Å²) in [7, 11) is 1.56. The summed E-state index contributed by atoms with van der Waals surface area (Å²) < 4.78 is 10.5. The number of urea groups is 1. The highest BCUT2D eigenvalue weighted by Crippen LogP contribution is 2.29. The van der Waals surface area contributed by atoms with Gasteiger partial charge in [0.15, 0.2) is 0 Å². The lowest BCUT2D eigenvalue weighted by atomic mass is 9.95. The second-order valence-electron chi connectivity index (χ2n) is 6.34. The molecule has 1 heterocycles. The molecule has 0 fully saturated rings. The third-order valence-electron chi connectivity index (χ3n) is 4.46. The van der Waals surface area contributed by atoms with Crippen LogP contribution in [0.25, 0.3) is 0 Å². The van der Waals surface area contributed by atoms with Crippen molar-refractivity contribution >= 4 is 17.7 Å². The first kappa shape index (κ1) is 19.9. The van der Waals surface area contributed by atoms with Crippen LogP contribution in [-0.4, -0.2) is 24.0 Å². The number of carbonyl (C=O) groups excluding carboxylic acids is 2. The molecular weight excluding hydrogens is 378 g/mol. The molecule has 2 amide bonds. The molecule has 0 aromatic heterocycles. The number of benzene rings is 2. The summed E-state index contributed by atoms with van der Waals surface area (Å²) in [6.07, 6.45) is 0. The number of esters is 1. The zero-order chi connectivity index (χ0) is 21.0. The van der Waals surface area contributed by atoms with E-state index in [0.29, 0.717) is 17.0 Å². The molecule has 2 aromatic carbocycles. The number of non-ortho nitro benzene ring substituents is 1. The lowest BCUT2D eigenvalue weighted by molar-refractivity contribution is -0.384. The van der Waals surface area contributed by atoms with Crippen LogP contribution in [0.15, 0.2) is 59.8 Å². The number of ether oxygens (including phenoxy) is 2. The highest BCUT2D eigenvalue weighted by Gasteiger charge is 2.32. The summed E-state index contributed by atoms with van der Waals surface area (Å²) in [6, 6.07) is 11.5. The summed E-state index contributed by atoms with van der Waals surface area (Å²) in [5.74, 6) is 0.0882. The molecule has 1 aliphatic rings. The van der Waals surface area contributed by atoms with Crippen LogP contribution in [0.2, 0.25) is 0 Å². The van der Waals surface area contributed by atoms with Crippen molar-refractivity contribution in [2.24, 2.45) is 0 Å². The minimum atomic E-state index is -0.784. The Kier molecular flexibility index (Phi) is 5.77. The number of rotatable bonds is 6. The number of amides is 2. The molecule has 2 aromatic rings. The van der Waals surface area contributed by atoms with Crippen LogP contribution in [0, 0.1) is 10.1 Å². The van der Waals surface area contributed by atoms with Crippen molar-refractivity contribution in [1.29, 1.82) is 0 Å². The number of carbonyl (C=O) groups is 2. The minimum Gasteiger partial charge on any atom is -0.497 e.